The van der Waals surface area contributed by atoms with Gasteiger partial charge in [0.2, 0.25) is 0 Å². The summed E-state index contributed by atoms with van der Waals surface area (Å²) in [6.45, 7) is 6.75. The van der Waals surface area contributed by atoms with E-state index < -0.39 is 0 Å². The highest BCUT2D eigenvalue weighted by molar-refractivity contribution is 5.75. The van der Waals surface area contributed by atoms with Crippen molar-refractivity contribution in [3.8, 4) is 0 Å². The largest absolute Gasteiger partial charge is 0.345 e. The van der Waals surface area contributed by atoms with Crippen molar-refractivity contribution in [2.75, 3.05) is 0 Å². The molecule has 0 amide bonds. The van der Waals surface area contributed by atoms with Crippen molar-refractivity contribution >= 4 is 11.0 Å². The van der Waals surface area contributed by atoms with E-state index in [1.54, 1.807) is 6.33 Å². The molecule has 1 heterocycles. The van der Waals surface area contributed by atoms with Gasteiger partial charge in [-0.1, -0.05) is 26.8 Å². The number of benzene rings is 1. The number of nitrogens with one attached hydrogen (secondary N) is 1. The summed E-state index contributed by atoms with van der Waals surface area (Å²) < 4.78 is 0. The molecular weight excluding hydrogens is 172 g/mol. The fourth-order valence-corrected chi connectivity index (χ4v) is 1.56. The van der Waals surface area contributed by atoms with E-state index in [1.807, 2.05) is 0 Å². The van der Waals surface area contributed by atoms with Crippen LogP contribution in [0.2, 0.25) is 0 Å². The summed E-state index contributed by atoms with van der Waals surface area (Å²) in [5.41, 5.74) is 3.77. The zero-order chi connectivity index (χ0) is 10.2. The molecule has 0 spiro atoms. The molecule has 1 aromatic carbocycles. The van der Waals surface area contributed by atoms with Gasteiger partial charge in [-0.05, 0) is 29.5 Å². The minimum absolute atomic E-state index is 0.243. The Morgan fingerprint density at radius 3 is 2.86 bits per heavy atom. The Bertz CT molecular complexity index is 440. The number of hydrogen-bond donors (Lipinski definition) is 1. The minimum Gasteiger partial charge on any atom is -0.345 e. The first-order chi connectivity index (χ1) is 6.63. The van der Waals surface area contributed by atoms with E-state index in [4.69, 9.17) is 0 Å². The summed E-state index contributed by atoms with van der Waals surface area (Å²) in [5.74, 6) is 0. The molecule has 2 aromatic rings. The molecular formula is C12H16N2. The van der Waals surface area contributed by atoms with Gasteiger partial charge in [-0.15, -0.1) is 0 Å². The van der Waals surface area contributed by atoms with Crippen LogP contribution in [0.25, 0.3) is 11.0 Å². The zero-order valence-electron chi connectivity index (χ0n) is 8.96. The summed E-state index contributed by atoms with van der Waals surface area (Å²) in [5, 5.41) is 0. The highest BCUT2D eigenvalue weighted by Gasteiger charge is 2.18. The van der Waals surface area contributed by atoms with E-state index in [2.05, 4.69) is 48.9 Å². The second-order valence-electron chi connectivity index (χ2n) is 4.37. The predicted octanol–water partition coefficient (Wildman–Crippen LogP) is 3.25. The molecule has 1 N–H and O–H groups in total. The van der Waals surface area contributed by atoms with Crippen molar-refractivity contribution in [1.82, 2.24) is 9.97 Å². The maximum Gasteiger partial charge on any atom is 0.0931 e. The summed E-state index contributed by atoms with van der Waals surface area (Å²) in [6, 6.07) is 6.47. The molecule has 0 atom stereocenters. The first-order valence-electron chi connectivity index (χ1n) is 5.07. The van der Waals surface area contributed by atoms with Gasteiger partial charge in [0.25, 0.3) is 0 Å². The van der Waals surface area contributed by atoms with Crippen LogP contribution in [0.15, 0.2) is 24.5 Å². The summed E-state index contributed by atoms with van der Waals surface area (Å²) in [6.07, 6.45) is 2.89. The number of H-pyrrole nitrogens is 1. The van der Waals surface area contributed by atoms with Crippen molar-refractivity contribution < 1.29 is 0 Å². The Morgan fingerprint density at radius 2 is 2.14 bits per heavy atom. The lowest BCUT2D eigenvalue weighted by atomic mass is 9.82. The molecule has 0 aliphatic carbocycles. The van der Waals surface area contributed by atoms with Crippen LogP contribution in [-0.4, -0.2) is 9.97 Å². The molecule has 0 radical (unpaired) electrons. The van der Waals surface area contributed by atoms with Gasteiger partial charge in [0, 0.05) is 0 Å². The molecule has 0 saturated heterocycles. The van der Waals surface area contributed by atoms with Crippen molar-refractivity contribution in [3.05, 3.63) is 30.1 Å². The number of aromatic nitrogens is 2. The fourth-order valence-electron chi connectivity index (χ4n) is 1.56. The van der Waals surface area contributed by atoms with Crippen LogP contribution in [-0.2, 0) is 5.41 Å². The van der Waals surface area contributed by atoms with Gasteiger partial charge in [-0.3, -0.25) is 0 Å². The SMILES string of the molecule is CCC(C)(C)c1ccc2[nH]cnc2c1. The third kappa shape index (κ3) is 1.41. The van der Waals surface area contributed by atoms with E-state index in [0.29, 0.717) is 0 Å². The molecule has 0 saturated carbocycles. The van der Waals surface area contributed by atoms with Crippen LogP contribution in [0, 0.1) is 0 Å². The van der Waals surface area contributed by atoms with Gasteiger partial charge < -0.3 is 4.98 Å². The van der Waals surface area contributed by atoms with Gasteiger partial charge in [0.1, 0.15) is 0 Å². The van der Waals surface area contributed by atoms with Crippen molar-refractivity contribution in [2.24, 2.45) is 0 Å². The van der Waals surface area contributed by atoms with E-state index >= 15 is 0 Å². The molecule has 2 heteroatoms. The zero-order valence-corrected chi connectivity index (χ0v) is 8.96. The lowest BCUT2D eigenvalue weighted by molar-refractivity contribution is 0.507. The van der Waals surface area contributed by atoms with E-state index in [0.717, 1.165) is 17.5 Å². The topological polar surface area (TPSA) is 28.7 Å². The number of fused-ring (bicyclic) bond motifs is 1. The van der Waals surface area contributed by atoms with Gasteiger partial charge >= 0.3 is 0 Å². The van der Waals surface area contributed by atoms with Crippen molar-refractivity contribution in [3.63, 3.8) is 0 Å². The average Bonchev–Trinajstić information content (AvgIpc) is 2.64. The van der Waals surface area contributed by atoms with Gasteiger partial charge in [-0.2, -0.15) is 0 Å². The Labute approximate surface area is 84.4 Å². The lowest BCUT2D eigenvalue weighted by Gasteiger charge is -2.23. The van der Waals surface area contributed by atoms with Gasteiger partial charge in [0.15, 0.2) is 0 Å². The highest BCUT2D eigenvalue weighted by Crippen LogP contribution is 2.28. The third-order valence-electron chi connectivity index (χ3n) is 3.09. The minimum atomic E-state index is 0.243. The van der Waals surface area contributed by atoms with E-state index in [-0.39, 0.29) is 5.41 Å². The first-order valence-corrected chi connectivity index (χ1v) is 5.07. The molecule has 0 aliphatic heterocycles. The quantitative estimate of drug-likeness (QED) is 0.770. The van der Waals surface area contributed by atoms with E-state index in [1.165, 1.54) is 5.56 Å². The summed E-state index contributed by atoms with van der Waals surface area (Å²) in [4.78, 5) is 7.38. The predicted molar refractivity (Wildman–Crippen MR) is 59.4 cm³/mol. The number of rotatable bonds is 2. The molecule has 2 rings (SSSR count). The fraction of sp³-hybridized carbons (Fsp3) is 0.417. The molecule has 0 unspecified atom stereocenters. The second kappa shape index (κ2) is 3.12. The molecule has 0 aliphatic rings. The van der Waals surface area contributed by atoms with Crippen LogP contribution >= 0.6 is 0 Å². The van der Waals surface area contributed by atoms with Crippen LogP contribution in [0.4, 0.5) is 0 Å². The maximum atomic E-state index is 4.27. The number of hydrogen-bond acceptors (Lipinski definition) is 1. The second-order valence-corrected chi connectivity index (χ2v) is 4.37. The van der Waals surface area contributed by atoms with Crippen LogP contribution in [0.3, 0.4) is 0 Å². The van der Waals surface area contributed by atoms with Gasteiger partial charge in [0.05, 0.1) is 17.4 Å². The standard InChI is InChI=1S/C12H16N2/c1-4-12(2,3)9-5-6-10-11(7-9)14-8-13-10/h5-8H,4H2,1-3H3,(H,13,14). The molecule has 0 bridgehead atoms. The molecule has 2 nitrogen and oxygen atoms in total. The molecule has 1 aromatic heterocycles. The van der Waals surface area contributed by atoms with Crippen LogP contribution < -0.4 is 0 Å². The monoisotopic (exact) mass is 188 g/mol. The molecule has 74 valence electrons. The average molecular weight is 188 g/mol. The van der Waals surface area contributed by atoms with Crippen molar-refractivity contribution in [1.29, 1.82) is 0 Å². The molecule has 14 heavy (non-hydrogen) atoms. The summed E-state index contributed by atoms with van der Waals surface area (Å²) >= 11 is 0. The number of aromatic amines is 1. The van der Waals surface area contributed by atoms with Gasteiger partial charge in [-0.25, -0.2) is 4.98 Å². The number of imidazole rings is 1. The maximum absolute atomic E-state index is 4.27. The molecule has 0 fully saturated rings. The third-order valence-corrected chi connectivity index (χ3v) is 3.09. The van der Waals surface area contributed by atoms with Crippen molar-refractivity contribution in [2.45, 2.75) is 32.6 Å². The Balaban J connectivity index is 2.53. The van der Waals surface area contributed by atoms with Crippen LogP contribution in [0.5, 0.6) is 0 Å². The summed E-state index contributed by atoms with van der Waals surface area (Å²) in [7, 11) is 0. The van der Waals surface area contributed by atoms with E-state index in [9.17, 15) is 0 Å². The Hall–Kier alpha value is -1.31. The normalized spacial score (nSPS) is 12.2. The lowest BCUT2D eigenvalue weighted by Crippen LogP contribution is -2.15. The highest BCUT2D eigenvalue weighted by atomic mass is 14.9. The van der Waals surface area contributed by atoms with Crippen LogP contribution in [0.1, 0.15) is 32.8 Å². The Kier molecular flexibility index (Phi) is 2.06. The first kappa shape index (κ1) is 9.25. The smallest absolute Gasteiger partial charge is 0.0931 e. The Morgan fingerprint density at radius 1 is 1.36 bits per heavy atom. The number of nitrogens with zero attached hydrogens (tertiary/aromatic N) is 1.